The predicted molar refractivity (Wildman–Crippen MR) is 121 cm³/mol. The number of pyridine rings is 2. The van der Waals surface area contributed by atoms with Crippen LogP contribution in [0.2, 0.25) is 0 Å². The molecule has 0 unspecified atom stereocenters. The first-order valence-electron chi connectivity index (χ1n) is 10.9. The third kappa shape index (κ3) is 5.96. The predicted octanol–water partition coefficient (Wildman–Crippen LogP) is 2.94. The van der Waals surface area contributed by atoms with Crippen molar-refractivity contribution >= 4 is 12.0 Å². The van der Waals surface area contributed by atoms with Gasteiger partial charge in [-0.25, -0.2) is 24.1 Å². The van der Waals surface area contributed by atoms with Crippen LogP contribution in [0.5, 0.6) is 17.4 Å². The zero-order chi connectivity index (χ0) is 24.8. The Bertz CT molecular complexity index is 1200. The van der Waals surface area contributed by atoms with Gasteiger partial charge in [-0.15, -0.1) is 0 Å². The van der Waals surface area contributed by atoms with E-state index in [0.29, 0.717) is 35.4 Å². The van der Waals surface area contributed by atoms with Gasteiger partial charge in [-0.1, -0.05) is 0 Å². The number of carbonyl (C=O) groups is 2. The molecule has 11 nitrogen and oxygen atoms in total. The Kier molecular flexibility index (Phi) is 7.29. The number of piperidine rings is 1. The molecule has 35 heavy (non-hydrogen) atoms. The fourth-order valence-electron chi connectivity index (χ4n) is 3.59. The Morgan fingerprint density at radius 2 is 2.00 bits per heavy atom. The lowest BCUT2D eigenvalue weighted by Gasteiger charge is -2.33. The number of nitrogens with one attached hydrogen (secondary N) is 1. The first kappa shape index (κ1) is 23.8. The van der Waals surface area contributed by atoms with E-state index >= 15 is 0 Å². The van der Waals surface area contributed by atoms with Crippen molar-refractivity contribution in [2.24, 2.45) is 0 Å². The van der Waals surface area contributed by atoms with Crippen LogP contribution in [0.3, 0.4) is 0 Å². The van der Waals surface area contributed by atoms with Crippen LogP contribution in [-0.2, 0) is 0 Å². The van der Waals surface area contributed by atoms with Crippen LogP contribution >= 0.6 is 0 Å². The van der Waals surface area contributed by atoms with Gasteiger partial charge in [0, 0.05) is 49.4 Å². The number of halogens is 1. The quantitative estimate of drug-likeness (QED) is 0.520. The maximum atomic E-state index is 13.9. The molecule has 4 heterocycles. The highest BCUT2D eigenvalue weighted by molar-refractivity contribution is 5.94. The molecule has 182 valence electrons. The van der Waals surface area contributed by atoms with E-state index in [-0.39, 0.29) is 25.1 Å². The topological polar surface area (TPSA) is 140 Å². The van der Waals surface area contributed by atoms with Gasteiger partial charge >= 0.3 is 6.09 Å². The SMILES string of the molecule is CCOc1cccnc1Oc1cncc(-c2ncc(C(=O)N[C@H]3C[C@H](F)CN(C(=O)O)C3)cn2)c1. The van der Waals surface area contributed by atoms with Gasteiger partial charge in [-0.3, -0.25) is 9.78 Å². The molecule has 0 radical (unpaired) electrons. The van der Waals surface area contributed by atoms with Crippen molar-refractivity contribution in [2.75, 3.05) is 19.7 Å². The van der Waals surface area contributed by atoms with E-state index in [0.717, 1.165) is 4.90 Å². The number of carbonyl (C=O) groups excluding carboxylic acids is 1. The van der Waals surface area contributed by atoms with E-state index in [2.05, 4.69) is 25.3 Å². The normalized spacial score (nSPS) is 17.5. The zero-order valence-corrected chi connectivity index (χ0v) is 18.8. The van der Waals surface area contributed by atoms with Crippen molar-refractivity contribution in [1.82, 2.24) is 30.2 Å². The van der Waals surface area contributed by atoms with Crippen molar-refractivity contribution < 1.29 is 28.6 Å². The maximum Gasteiger partial charge on any atom is 0.407 e. The maximum absolute atomic E-state index is 13.9. The Morgan fingerprint density at radius 3 is 2.74 bits per heavy atom. The van der Waals surface area contributed by atoms with Crippen molar-refractivity contribution in [3.05, 3.63) is 54.7 Å². The number of hydrogen-bond acceptors (Lipinski definition) is 8. The molecule has 0 saturated carbocycles. The first-order valence-corrected chi connectivity index (χ1v) is 10.9. The molecule has 2 N–H and O–H groups in total. The molecule has 0 aromatic carbocycles. The summed E-state index contributed by atoms with van der Waals surface area (Å²) in [5.74, 6) is 0.976. The monoisotopic (exact) mass is 482 g/mol. The molecular weight excluding hydrogens is 459 g/mol. The molecule has 0 bridgehead atoms. The minimum Gasteiger partial charge on any atom is -0.488 e. The standard InChI is InChI=1S/C23H23FN6O5/c1-2-34-19-4-3-5-26-22(19)35-18-6-14(8-25-11-18)20-27-9-15(10-28-20)21(31)29-17-7-16(24)12-30(13-17)23(32)33/h3-6,8-11,16-17H,2,7,12-13H2,1H3,(H,29,31)(H,32,33)/t16-,17-/m0/s1. The van der Waals surface area contributed by atoms with Crippen LogP contribution in [-0.4, -0.2) is 73.9 Å². The zero-order valence-electron chi connectivity index (χ0n) is 18.8. The second-order valence-corrected chi connectivity index (χ2v) is 7.74. The first-order chi connectivity index (χ1) is 16.9. The van der Waals surface area contributed by atoms with Crippen LogP contribution in [0, 0.1) is 0 Å². The summed E-state index contributed by atoms with van der Waals surface area (Å²) in [7, 11) is 0. The Balaban J connectivity index is 1.43. The molecule has 12 heteroatoms. The van der Waals surface area contributed by atoms with Crippen LogP contribution < -0.4 is 14.8 Å². The number of amides is 2. The van der Waals surface area contributed by atoms with Crippen LogP contribution in [0.4, 0.5) is 9.18 Å². The fraction of sp³-hybridized carbons (Fsp3) is 0.304. The number of likely N-dealkylation sites (tertiary alicyclic amines) is 1. The number of ether oxygens (including phenoxy) is 2. The Labute approximate surface area is 200 Å². The third-order valence-corrected chi connectivity index (χ3v) is 5.14. The average Bonchev–Trinajstić information content (AvgIpc) is 2.85. The summed E-state index contributed by atoms with van der Waals surface area (Å²) in [6.45, 7) is 2.13. The van der Waals surface area contributed by atoms with Crippen molar-refractivity contribution in [3.8, 4) is 28.8 Å². The number of carboxylic acid groups (broad SMARTS) is 1. The Hall–Kier alpha value is -4.35. The minimum absolute atomic E-state index is 0.0141. The van der Waals surface area contributed by atoms with Gasteiger partial charge < -0.3 is 24.8 Å². The summed E-state index contributed by atoms with van der Waals surface area (Å²) >= 11 is 0. The number of rotatable bonds is 7. The highest BCUT2D eigenvalue weighted by Crippen LogP contribution is 2.30. The number of alkyl halides is 1. The Morgan fingerprint density at radius 1 is 1.20 bits per heavy atom. The van der Waals surface area contributed by atoms with Gasteiger partial charge in [0.05, 0.1) is 24.9 Å². The van der Waals surface area contributed by atoms with Gasteiger partial charge in [0.25, 0.3) is 11.8 Å². The smallest absolute Gasteiger partial charge is 0.407 e. The van der Waals surface area contributed by atoms with E-state index in [9.17, 15) is 14.0 Å². The lowest BCUT2D eigenvalue weighted by molar-refractivity contribution is 0.0780. The van der Waals surface area contributed by atoms with Gasteiger partial charge in [-0.2, -0.15) is 0 Å². The lowest BCUT2D eigenvalue weighted by Crippen LogP contribution is -2.53. The molecule has 3 aromatic rings. The largest absolute Gasteiger partial charge is 0.488 e. The molecule has 2 atom stereocenters. The minimum atomic E-state index is -1.35. The molecule has 4 rings (SSSR count). The van der Waals surface area contributed by atoms with E-state index in [1.807, 2.05) is 6.92 Å². The van der Waals surface area contributed by atoms with E-state index in [4.69, 9.17) is 14.6 Å². The van der Waals surface area contributed by atoms with Gasteiger partial charge in [-0.05, 0) is 25.1 Å². The lowest BCUT2D eigenvalue weighted by atomic mass is 10.0. The molecule has 2 amide bonds. The second kappa shape index (κ2) is 10.7. The average molecular weight is 482 g/mol. The van der Waals surface area contributed by atoms with Crippen LogP contribution in [0.15, 0.2) is 49.2 Å². The summed E-state index contributed by atoms with van der Waals surface area (Å²) in [6.07, 6.45) is 4.78. The number of hydrogen-bond donors (Lipinski definition) is 2. The summed E-state index contributed by atoms with van der Waals surface area (Å²) in [5.41, 5.74) is 0.708. The summed E-state index contributed by atoms with van der Waals surface area (Å²) in [5, 5.41) is 11.8. The van der Waals surface area contributed by atoms with Crippen molar-refractivity contribution in [1.29, 1.82) is 0 Å². The second-order valence-electron chi connectivity index (χ2n) is 7.74. The van der Waals surface area contributed by atoms with E-state index in [1.165, 1.54) is 18.6 Å². The summed E-state index contributed by atoms with van der Waals surface area (Å²) in [4.78, 5) is 41.4. The highest BCUT2D eigenvalue weighted by atomic mass is 19.1. The van der Waals surface area contributed by atoms with E-state index < -0.39 is 24.2 Å². The van der Waals surface area contributed by atoms with Crippen LogP contribution in [0.25, 0.3) is 11.4 Å². The van der Waals surface area contributed by atoms with Crippen molar-refractivity contribution in [3.63, 3.8) is 0 Å². The highest BCUT2D eigenvalue weighted by Gasteiger charge is 2.31. The molecule has 3 aromatic heterocycles. The molecule has 1 fully saturated rings. The molecular formula is C23H23FN6O5. The number of nitrogens with zero attached hydrogens (tertiary/aromatic N) is 5. The third-order valence-electron chi connectivity index (χ3n) is 5.14. The van der Waals surface area contributed by atoms with Crippen LogP contribution in [0.1, 0.15) is 23.7 Å². The van der Waals surface area contributed by atoms with E-state index in [1.54, 1.807) is 30.6 Å². The molecule has 0 spiro atoms. The molecule has 1 aliphatic rings. The van der Waals surface area contributed by atoms with Gasteiger partial charge in [0.2, 0.25) is 0 Å². The summed E-state index contributed by atoms with van der Waals surface area (Å²) in [6, 6.07) is 4.52. The fourth-order valence-corrected chi connectivity index (χ4v) is 3.59. The molecule has 1 saturated heterocycles. The molecule has 1 aliphatic heterocycles. The van der Waals surface area contributed by atoms with Gasteiger partial charge in [0.1, 0.15) is 11.9 Å². The van der Waals surface area contributed by atoms with Gasteiger partial charge in [0.15, 0.2) is 11.6 Å². The van der Waals surface area contributed by atoms with Crippen molar-refractivity contribution in [2.45, 2.75) is 25.6 Å². The number of aromatic nitrogens is 4. The summed E-state index contributed by atoms with van der Waals surface area (Å²) < 4.78 is 25.2. The molecule has 0 aliphatic carbocycles.